The Hall–Kier alpha value is -1.58. The van der Waals surface area contributed by atoms with Crippen molar-refractivity contribution in [3.8, 4) is 0 Å². The molecule has 0 saturated heterocycles. The molecule has 0 aliphatic carbocycles. The second-order valence-electron chi connectivity index (χ2n) is 2.93. The standard InChI is InChI=1S/C9H13N3O/c1-3-11-6-8(10)7-4-5-12(13-2)9(7)11/h4-6H,3,10H2,1-2H3. The highest BCUT2D eigenvalue weighted by molar-refractivity contribution is 5.90. The zero-order valence-corrected chi connectivity index (χ0v) is 7.82. The van der Waals surface area contributed by atoms with E-state index in [1.54, 1.807) is 11.8 Å². The first-order chi connectivity index (χ1) is 6.27. The third-order valence-corrected chi connectivity index (χ3v) is 2.24. The van der Waals surface area contributed by atoms with Crippen molar-refractivity contribution in [3.05, 3.63) is 18.5 Å². The molecule has 2 heterocycles. The topological polar surface area (TPSA) is 45.1 Å². The predicted octanol–water partition coefficient (Wildman–Crippen LogP) is 1.10. The Kier molecular flexibility index (Phi) is 1.69. The molecule has 0 amide bonds. The van der Waals surface area contributed by atoms with Gasteiger partial charge in [-0.25, -0.2) is 0 Å². The van der Waals surface area contributed by atoms with Gasteiger partial charge in [0.2, 0.25) is 0 Å². The summed E-state index contributed by atoms with van der Waals surface area (Å²) in [5.74, 6) is 0. The fourth-order valence-electron chi connectivity index (χ4n) is 1.60. The van der Waals surface area contributed by atoms with E-state index in [0.717, 1.165) is 23.3 Å². The molecule has 0 spiro atoms. The van der Waals surface area contributed by atoms with Crippen molar-refractivity contribution in [2.24, 2.45) is 0 Å². The van der Waals surface area contributed by atoms with Gasteiger partial charge in [0, 0.05) is 24.3 Å². The first-order valence-electron chi connectivity index (χ1n) is 4.28. The third kappa shape index (κ3) is 0.983. The summed E-state index contributed by atoms with van der Waals surface area (Å²) in [5, 5.41) is 1.05. The van der Waals surface area contributed by atoms with Crippen LogP contribution >= 0.6 is 0 Å². The zero-order valence-electron chi connectivity index (χ0n) is 7.82. The van der Waals surface area contributed by atoms with Crippen molar-refractivity contribution in [2.45, 2.75) is 13.5 Å². The molecule has 2 N–H and O–H groups in total. The predicted molar refractivity (Wildman–Crippen MR) is 52.5 cm³/mol. The molecule has 4 nitrogen and oxygen atoms in total. The molecule has 0 atom stereocenters. The molecule has 0 unspecified atom stereocenters. The molecule has 0 fully saturated rings. The molecule has 0 bridgehead atoms. The number of hydrogen-bond acceptors (Lipinski definition) is 2. The number of nitrogens with zero attached hydrogens (tertiary/aromatic N) is 2. The number of anilines is 1. The maximum absolute atomic E-state index is 5.83. The van der Waals surface area contributed by atoms with Crippen LogP contribution in [-0.2, 0) is 6.54 Å². The van der Waals surface area contributed by atoms with Gasteiger partial charge in [-0.05, 0) is 13.0 Å². The van der Waals surface area contributed by atoms with Crippen LogP contribution in [0, 0.1) is 0 Å². The average molecular weight is 179 g/mol. The highest BCUT2D eigenvalue weighted by atomic mass is 16.6. The second-order valence-corrected chi connectivity index (χ2v) is 2.93. The van der Waals surface area contributed by atoms with Gasteiger partial charge in [-0.3, -0.25) is 0 Å². The normalized spacial score (nSPS) is 10.9. The Morgan fingerprint density at radius 1 is 1.54 bits per heavy atom. The fourth-order valence-corrected chi connectivity index (χ4v) is 1.60. The number of nitrogens with two attached hydrogens (primary N) is 1. The van der Waals surface area contributed by atoms with Crippen molar-refractivity contribution in [2.75, 3.05) is 12.8 Å². The smallest absolute Gasteiger partial charge is 0.158 e. The van der Waals surface area contributed by atoms with Crippen molar-refractivity contribution in [1.29, 1.82) is 0 Å². The van der Waals surface area contributed by atoms with Crippen molar-refractivity contribution in [3.63, 3.8) is 0 Å². The minimum atomic E-state index is 0.799. The molecule has 0 aromatic carbocycles. The minimum Gasteiger partial charge on any atom is -0.416 e. The number of fused-ring (bicyclic) bond motifs is 1. The second kappa shape index (κ2) is 2.73. The van der Waals surface area contributed by atoms with Gasteiger partial charge < -0.3 is 15.1 Å². The van der Waals surface area contributed by atoms with E-state index >= 15 is 0 Å². The Labute approximate surface area is 76.5 Å². The van der Waals surface area contributed by atoms with Crippen LogP contribution in [-0.4, -0.2) is 16.4 Å². The summed E-state index contributed by atoms with van der Waals surface area (Å²) in [6.07, 6.45) is 3.80. The van der Waals surface area contributed by atoms with Gasteiger partial charge in [0.05, 0.1) is 5.69 Å². The summed E-state index contributed by atoms with van der Waals surface area (Å²) in [6, 6.07) is 1.96. The number of aryl methyl sites for hydroxylation is 1. The van der Waals surface area contributed by atoms with Crippen LogP contribution in [0.25, 0.3) is 11.0 Å². The number of nitrogen functional groups attached to an aromatic ring is 1. The van der Waals surface area contributed by atoms with E-state index in [1.165, 1.54) is 0 Å². The molecular weight excluding hydrogens is 166 g/mol. The van der Waals surface area contributed by atoms with Gasteiger partial charge in [0.25, 0.3) is 0 Å². The fraction of sp³-hybridized carbons (Fsp3) is 0.333. The molecule has 2 aromatic rings. The molecule has 70 valence electrons. The van der Waals surface area contributed by atoms with E-state index in [4.69, 9.17) is 10.6 Å². The first-order valence-corrected chi connectivity index (χ1v) is 4.28. The Balaban J connectivity index is 2.77. The molecule has 0 aliphatic heterocycles. The molecule has 0 radical (unpaired) electrons. The lowest BCUT2D eigenvalue weighted by atomic mass is 10.4. The van der Waals surface area contributed by atoms with Gasteiger partial charge in [0.15, 0.2) is 5.65 Å². The monoisotopic (exact) mass is 179 g/mol. The third-order valence-electron chi connectivity index (χ3n) is 2.24. The van der Waals surface area contributed by atoms with Gasteiger partial charge in [-0.1, -0.05) is 0 Å². The van der Waals surface area contributed by atoms with Crippen molar-refractivity contribution >= 4 is 16.7 Å². The number of hydrogen-bond donors (Lipinski definition) is 1. The summed E-state index contributed by atoms with van der Waals surface area (Å²) in [6.45, 7) is 2.97. The van der Waals surface area contributed by atoms with Crippen LogP contribution in [0.1, 0.15) is 6.92 Å². The van der Waals surface area contributed by atoms with Gasteiger partial charge in [0.1, 0.15) is 7.11 Å². The van der Waals surface area contributed by atoms with E-state index in [2.05, 4.69) is 11.5 Å². The lowest BCUT2D eigenvalue weighted by molar-refractivity contribution is 0.176. The largest absolute Gasteiger partial charge is 0.416 e. The van der Waals surface area contributed by atoms with Gasteiger partial charge in [-0.2, -0.15) is 4.73 Å². The maximum Gasteiger partial charge on any atom is 0.158 e. The van der Waals surface area contributed by atoms with E-state index in [-0.39, 0.29) is 0 Å². The van der Waals surface area contributed by atoms with Crippen molar-refractivity contribution in [1.82, 2.24) is 9.30 Å². The van der Waals surface area contributed by atoms with E-state index in [1.807, 2.05) is 18.5 Å². The molecule has 0 saturated carbocycles. The van der Waals surface area contributed by atoms with Gasteiger partial charge >= 0.3 is 0 Å². The molecule has 2 rings (SSSR count). The van der Waals surface area contributed by atoms with Crippen LogP contribution in [0.5, 0.6) is 0 Å². The number of aromatic nitrogens is 2. The summed E-state index contributed by atoms with van der Waals surface area (Å²) in [7, 11) is 1.64. The van der Waals surface area contributed by atoms with Crippen molar-refractivity contribution < 1.29 is 4.84 Å². The number of rotatable bonds is 2. The average Bonchev–Trinajstić information content (AvgIpc) is 2.67. The molecule has 13 heavy (non-hydrogen) atoms. The molecule has 0 aliphatic rings. The van der Waals surface area contributed by atoms with Gasteiger partial charge in [-0.15, -0.1) is 0 Å². The Morgan fingerprint density at radius 3 is 2.92 bits per heavy atom. The summed E-state index contributed by atoms with van der Waals surface area (Å²) >= 11 is 0. The van der Waals surface area contributed by atoms with Crippen LogP contribution < -0.4 is 10.6 Å². The Morgan fingerprint density at radius 2 is 2.31 bits per heavy atom. The summed E-state index contributed by atoms with van der Waals surface area (Å²) in [5.41, 5.74) is 7.65. The Bertz CT molecular complexity index is 427. The SMILES string of the molecule is CCn1cc(N)c2ccn(OC)c21. The van der Waals surface area contributed by atoms with E-state index < -0.39 is 0 Å². The lowest BCUT2D eigenvalue weighted by Gasteiger charge is -2.04. The zero-order chi connectivity index (χ0) is 9.42. The van der Waals surface area contributed by atoms with Crippen LogP contribution in [0.2, 0.25) is 0 Å². The molecular formula is C9H13N3O. The first kappa shape index (κ1) is 8.04. The summed E-state index contributed by atoms with van der Waals surface area (Å²) in [4.78, 5) is 5.16. The quantitative estimate of drug-likeness (QED) is 0.750. The van der Waals surface area contributed by atoms with E-state index in [0.29, 0.717) is 0 Å². The maximum atomic E-state index is 5.83. The highest BCUT2D eigenvalue weighted by Gasteiger charge is 2.09. The lowest BCUT2D eigenvalue weighted by Crippen LogP contribution is -2.07. The minimum absolute atomic E-state index is 0.799. The molecule has 2 aromatic heterocycles. The van der Waals surface area contributed by atoms with Crippen LogP contribution in [0.15, 0.2) is 18.5 Å². The summed E-state index contributed by atoms with van der Waals surface area (Å²) < 4.78 is 3.78. The van der Waals surface area contributed by atoms with Crippen LogP contribution in [0.4, 0.5) is 5.69 Å². The highest BCUT2D eigenvalue weighted by Crippen LogP contribution is 2.23. The van der Waals surface area contributed by atoms with E-state index in [9.17, 15) is 0 Å². The van der Waals surface area contributed by atoms with Crippen LogP contribution in [0.3, 0.4) is 0 Å². The molecule has 4 heteroatoms.